The van der Waals surface area contributed by atoms with E-state index < -0.39 is 23.9 Å². The number of anilines is 1. The first-order chi connectivity index (χ1) is 21.8. The highest BCUT2D eigenvalue weighted by Crippen LogP contribution is 2.38. The molecule has 0 saturated carbocycles. The number of halogens is 2. The Labute approximate surface area is 260 Å². The lowest BCUT2D eigenvalue weighted by Crippen LogP contribution is -2.50. The van der Waals surface area contributed by atoms with Gasteiger partial charge in [-0.15, -0.1) is 0 Å². The van der Waals surface area contributed by atoms with Crippen LogP contribution in [0.15, 0.2) is 48.8 Å². The van der Waals surface area contributed by atoms with E-state index in [2.05, 4.69) is 38.8 Å². The molecule has 0 spiro atoms. The van der Waals surface area contributed by atoms with Gasteiger partial charge in [-0.2, -0.15) is 5.10 Å². The van der Waals surface area contributed by atoms with E-state index in [0.717, 1.165) is 60.4 Å². The maximum absolute atomic E-state index is 16.2. The number of carbonyl (C=O) groups excluding carboxylic acids is 1. The second-order valence-electron chi connectivity index (χ2n) is 12.1. The largest absolute Gasteiger partial charge is 0.385 e. The maximum Gasteiger partial charge on any atom is 0.254 e. The van der Waals surface area contributed by atoms with Gasteiger partial charge in [0, 0.05) is 75.2 Å². The van der Waals surface area contributed by atoms with Gasteiger partial charge in [-0.1, -0.05) is 12.1 Å². The molecule has 1 fully saturated rings. The molecule has 45 heavy (non-hydrogen) atoms. The minimum atomic E-state index is -1.21. The number of hydrogen-bond acceptors (Lipinski definition) is 6. The first-order valence-electron chi connectivity index (χ1n) is 15.6. The molecule has 10 nitrogen and oxygen atoms in total. The number of amides is 1. The minimum absolute atomic E-state index is 0.0573. The Morgan fingerprint density at radius 3 is 2.80 bits per heavy atom. The Morgan fingerprint density at radius 2 is 2.02 bits per heavy atom. The number of ether oxygens (including phenoxy) is 1. The Hall–Kier alpha value is -4.29. The number of benzene rings is 2. The molecular weight excluding hydrogens is 578 g/mol. The van der Waals surface area contributed by atoms with Gasteiger partial charge < -0.3 is 29.4 Å². The molecular formula is C33H38F2N8O2. The molecule has 0 unspecified atom stereocenters. The third-order valence-electron chi connectivity index (χ3n) is 8.95. The summed E-state index contributed by atoms with van der Waals surface area (Å²) in [4.78, 5) is 22.2. The monoisotopic (exact) mass is 616 g/mol. The van der Waals surface area contributed by atoms with Crippen molar-refractivity contribution in [3.8, 4) is 11.5 Å². The standard InChI is InChI=1S/C33H38F2N8O2/c1-3-41-17-21(16-37-41)18-43-31-26(35)12-23(33(44)40-19-24(34)15-25(36)20-40)13-27(31)38-32(43)29-14-22-6-4-7-28-30(22)42(29)10-9-39(28)8-5-11-45-2/h4,6-7,12-14,16-17,24-25H,3,5,8-11,15,18-20,36H2,1-2H3/t24-,25-/m1/s1. The number of alkyl halides is 1. The third kappa shape index (κ3) is 5.35. The van der Waals surface area contributed by atoms with E-state index >= 15 is 4.39 Å². The molecule has 2 aliphatic heterocycles. The quantitative estimate of drug-likeness (QED) is 0.246. The van der Waals surface area contributed by atoms with Crippen LogP contribution < -0.4 is 10.6 Å². The van der Waals surface area contributed by atoms with Crippen LogP contribution >= 0.6 is 0 Å². The number of rotatable bonds is 9. The SMILES string of the molecule is CCn1cc(Cn2c(-c3cc4cccc5c4n3CCN5CCCOC)nc3cc(C(=O)N4C[C@H](N)C[C@@H](F)C4)cc(F)c32)cn1. The Morgan fingerprint density at radius 1 is 1.16 bits per heavy atom. The van der Waals surface area contributed by atoms with Crippen LogP contribution in [0.2, 0.25) is 0 Å². The zero-order valence-corrected chi connectivity index (χ0v) is 25.6. The van der Waals surface area contributed by atoms with Crippen LogP contribution in [0.1, 0.15) is 35.7 Å². The number of nitrogens with zero attached hydrogens (tertiary/aromatic N) is 7. The summed E-state index contributed by atoms with van der Waals surface area (Å²) in [7, 11) is 1.72. The summed E-state index contributed by atoms with van der Waals surface area (Å²) < 4.78 is 41.7. The molecule has 3 aromatic heterocycles. The number of hydrogen-bond donors (Lipinski definition) is 1. The third-order valence-corrected chi connectivity index (χ3v) is 8.95. The Kier molecular flexibility index (Phi) is 7.78. The molecule has 5 heterocycles. The van der Waals surface area contributed by atoms with E-state index in [-0.39, 0.29) is 25.1 Å². The van der Waals surface area contributed by atoms with Crippen molar-refractivity contribution in [2.75, 3.05) is 44.8 Å². The minimum Gasteiger partial charge on any atom is -0.385 e. The molecule has 2 aliphatic rings. The number of aryl methyl sites for hydroxylation is 1. The van der Waals surface area contributed by atoms with Crippen LogP contribution in [0, 0.1) is 5.82 Å². The molecule has 2 N–H and O–H groups in total. The number of carbonyl (C=O) groups is 1. The number of likely N-dealkylation sites (tertiary alicyclic amines) is 1. The lowest BCUT2D eigenvalue weighted by atomic mass is 10.0. The van der Waals surface area contributed by atoms with E-state index in [1.54, 1.807) is 19.4 Å². The number of nitrogens with two attached hydrogens (primary N) is 1. The van der Waals surface area contributed by atoms with Crippen molar-refractivity contribution in [1.29, 1.82) is 0 Å². The molecule has 0 aliphatic carbocycles. The van der Waals surface area contributed by atoms with Gasteiger partial charge in [-0.05, 0) is 44.0 Å². The van der Waals surface area contributed by atoms with Gasteiger partial charge in [0.15, 0.2) is 5.82 Å². The van der Waals surface area contributed by atoms with Crippen molar-refractivity contribution in [3.05, 3.63) is 65.7 Å². The van der Waals surface area contributed by atoms with Gasteiger partial charge in [0.25, 0.3) is 5.91 Å². The van der Waals surface area contributed by atoms with Crippen LogP contribution in [0.3, 0.4) is 0 Å². The van der Waals surface area contributed by atoms with Gasteiger partial charge in [-0.3, -0.25) is 9.48 Å². The van der Waals surface area contributed by atoms with Crippen molar-refractivity contribution >= 4 is 33.5 Å². The van der Waals surface area contributed by atoms with Crippen molar-refractivity contribution < 1.29 is 18.3 Å². The molecule has 5 aromatic rings. The van der Waals surface area contributed by atoms with Crippen molar-refractivity contribution in [3.63, 3.8) is 0 Å². The average molecular weight is 617 g/mol. The van der Waals surface area contributed by atoms with Crippen LogP contribution in [-0.2, 0) is 24.4 Å². The highest BCUT2D eigenvalue weighted by molar-refractivity contribution is 5.99. The smallest absolute Gasteiger partial charge is 0.254 e. The van der Waals surface area contributed by atoms with Crippen LogP contribution in [0.4, 0.5) is 14.5 Å². The number of methoxy groups -OCH3 is 1. The second-order valence-corrected chi connectivity index (χ2v) is 12.1. The van der Waals surface area contributed by atoms with Crippen molar-refractivity contribution in [1.82, 2.24) is 28.8 Å². The van der Waals surface area contributed by atoms with Gasteiger partial charge in [0.2, 0.25) is 0 Å². The lowest BCUT2D eigenvalue weighted by molar-refractivity contribution is 0.0606. The molecule has 1 saturated heterocycles. The fraction of sp³-hybridized carbons (Fsp3) is 0.424. The zero-order chi connectivity index (χ0) is 31.2. The number of fused-ring (bicyclic) bond motifs is 1. The molecule has 2 aromatic carbocycles. The van der Waals surface area contributed by atoms with E-state index in [4.69, 9.17) is 15.5 Å². The highest BCUT2D eigenvalue weighted by atomic mass is 19.1. The lowest BCUT2D eigenvalue weighted by Gasteiger charge is -2.33. The van der Waals surface area contributed by atoms with E-state index in [1.165, 1.54) is 11.0 Å². The number of aromatic nitrogens is 5. The Balaban J connectivity index is 1.35. The summed E-state index contributed by atoms with van der Waals surface area (Å²) in [5.74, 6) is -0.400. The van der Waals surface area contributed by atoms with Crippen LogP contribution in [0.25, 0.3) is 33.5 Å². The predicted molar refractivity (Wildman–Crippen MR) is 170 cm³/mol. The fourth-order valence-electron chi connectivity index (χ4n) is 6.91. The summed E-state index contributed by atoms with van der Waals surface area (Å²) in [5.41, 5.74) is 10.9. The van der Waals surface area contributed by atoms with E-state index in [9.17, 15) is 9.18 Å². The van der Waals surface area contributed by atoms with Crippen molar-refractivity contribution in [2.45, 2.75) is 51.6 Å². The molecule has 236 valence electrons. The summed E-state index contributed by atoms with van der Waals surface area (Å²) in [6.45, 7) is 6.40. The fourth-order valence-corrected chi connectivity index (χ4v) is 6.91. The predicted octanol–water partition coefficient (Wildman–Crippen LogP) is 4.43. The average Bonchev–Trinajstić information content (AvgIpc) is 3.74. The van der Waals surface area contributed by atoms with Crippen molar-refractivity contribution in [2.24, 2.45) is 5.73 Å². The zero-order valence-electron chi connectivity index (χ0n) is 25.6. The highest BCUT2D eigenvalue weighted by Gasteiger charge is 2.31. The molecule has 12 heteroatoms. The van der Waals surface area contributed by atoms with E-state index in [1.807, 2.05) is 22.4 Å². The van der Waals surface area contributed by atoms with Crippen LogP contribution in [-0.4, -0.2) is 86.8 Å². The van der Waals surface area contributed by atoms with E-state index in [0.29, 0.717) is 30.0 Å². The van der Waals surface area contributed by atoms with Gasteiger partial charge in [-0.25, -0.2) is 13.8 Å². The topological polar surface area (TPSA) is 99.4 Å². The second kappa shape index (κ2) is 11.9. The molecule has 1 amide bonds. The summed E-state index contributed by atoms with van der Waals surface area (Å²) in [6, 6.07) is 10.8. The first kappa shape index (κ1) is 29.4. The molecule has 7 rings (SSSR count). The first-order valence-corrected chi connectivity index (χ1v) is 15.6. The number of imidazole rings is 1. The Bertz CT molecular complexity index is 1870. The number of para-hydroxylation sites is 1. The maximum atomic E-state index is 16.2. The summed E-state index contributed by atoms with van der Waals surface area (Å²) in [6.07, 6.45) is 3.67. The molecule has 0 radical (unpaired) electrons. The normalized spacial score (nSPS) is 18.4. The van der Waals surface area contributed by atoms with Crippen LogP contribution in [0.5, 0.6) is 0 Å². The number of piperidine rings is 1. The van der Waals surface area contributed by atoms with Gasteiger partial charge in [0.1, 0.15) is 17.5 Å². The molecule has 2 atom stereocenters. The molecule has 0 bridgehead atoms. The van der Waals surface area contributed by atoms with Gasteiger partial charge in [0.05, 0.1) is 41.7 Å². The summed E-state index contributed by atoms with van der Waals surface area (Å²) in [5, 5.41) is 5.51. The van der Waals surface area contributed by atoms with Gasteiger partial charge >= 0.3 is 0 Å². The summed E-state index contributed by atoms with van der Waals surface area (Å²) >= 11 is 0.